The van der Waals surface area contributed by atoms with Crippen molar-refractivity contribution < 1.29 is 0 Å². The summed E-state index contributed by atoms with van der Waals surface area (Å²) in [6, 6.07) is 11.4. The van der Waals surface area contributed by atoms with Crippen LogP contribution in [0, 0.1) is 0 Å². The summed E-state index contributed by atoms with van der Waals surface area (Å²) >= 11 is 5.98. The zero-order valence-electron chi connectivity index (χ0n) is 10.3. The van der Waals surface area contributed by atoms with Crippen molar-refractivity contribution in [3.8, 4) is 0 Å². The Morgan fingerprint density at radius 3 is 2.83 bits per heavy atom. The number of nitrogens with two attached hydrogens (primary N) is 1. The smallest absolute Gasteiger partial charge is 0.0612 e. The highest BCUT2D eigenvalue weighted by molar-refractivity contribution is 6.31. The van der Waals surface area contributed by atoms with E-state index in [0.29, 0.717) is 5.02 Å². The molecule has 0 spiro atoms. The van der Waals surface area contributed by atoms with Crippen LogP contribution in [-0.2, 0) is 6.42 Å². The lowest BCUT2D eigenvalue weighted by Gasteiger charge is -2.21. The van der Waals surface area contributed by atoms with E-state index in [-0.39, 0.29) is 0 Å². The Kier molecular flexibility index (Phi) is 4.05. The van der Waals surface area contributed by atoms with Crippen molar-refractivity contribution in [3.63, 3.8) is 0 Å². The van der Waals surface area contributed by atoms with Gasteiger partial charge in [-0.25, -0.2) is 0 Å². The number of hydrogen-bond acceptors (Lipinski definition) is 3. The molecule has 1 heterocycles. The lowest BCUT2D eigenvalue weighted by molar-refractivity contribution is 0.853. The van der Waals surface area contributed by atoms with E-state index in [0.717, 1.165) is 30.0 Å². The maximum Gasteiger partial charge on any atom is 0.0612 e. The monoisotopic (exact) mass is 261 g/mol. The van der Waals surface area contributed by atoms with Gasteiger partial charge in [0.15, 0.2) is 0 Å². The van der Waals surface area contributed by atoms with E-state index in [1.165, 1.54) is 0 Å². The fourth-order valence-electron chi connectivity index (χ4n) is 1.80. The van der Waals surface area contributed by atoms with Crippen LogP contribution in [0.1, 0.15) is 5.69 Å². The summed E-state index contributed by atoms with van der Waals surface area (Å²) in [7, 11) is 2.00. The lowest BCUT2D eigenvalue weighted by Crippen LogP contribution is -2.21. The summed E-state index contributed by atoms with van der Waals surface area (Å²) in [5, 5.41) is 0.698. The van der Waals surface area contributed by atoms with Crippen molar-refractivity contribution in [1.82, 2.24) is 4.98 Å². The quantitative estimate of drug-likeness (QED) is 0.861. The molecule has 3 nitrogen and oxygen atoms in total. The van der Waals surface area contributed by atoms with Gasteiger partial charge in [0.25, 0.3) is 0 Å². The molecule has 0 radical (unpaired) electrons. The van der Waals surface area contributed by atoms with Crippen molar-refractivity contribution in [2.24, 2.45) is 0 Å². The third-order valence-electron chi connectivity index (χ3n) is 2.83. The Morgan fingerprint density at radius 2 is 2.11 bits per heavy atom. The molecule has 0 aliphatic rings. The number of hydrogen-bond donors (Lipinski definition) is 1. The minimum Gasteiger partial charge on any atom is -0.397 e. The van der Waals surface area contributed by atoms with Gasteiger partial charge in [-0.2, -0.15) is 0 Å². The molecular formula is C14H16ClN3. The molecule has 2 rings (SSSR count). The van der Waals surface area contributed by atoms with Crippen molar-refractivity contribution in [3.05, 3.63) is 53.3 Å². The van der Waals surface area contributed by atoms with Crippen molar-refractivity contribution in [2.75, 3.05) is 24.2 Å². The number of nitrogen functional groups attached to an aromatic ring is 1. The second-order valence-electron chi connectivity index (χ2n) is 4.20. The molecule has 0 atom stereocenters. The maximum atomic E-state index is 5.98. The highest BCUT2D eigenvalue weighted by Gasteiger charge is 2.06. The molecule has 0 saturated heterocycles. The van der Waals surface area contributed by atoms with Gasteiger partial charge in [0.1, 0.15) is 0 Å². The fourth-order valence-corrected chi connectivity index (χ4v) is 1.96. The molecular weight excluding hydrogens is 246 g/mol. The molecule has 4 heteroatoms. The molecule has 18 heavy (non-hydrogen) atoms. The minimum atomic E-state index is 0.698. The summed E-state index contributed by atoms with van der Waals surface area (Å²) in [4.78, 5) is 6.39. The van der Waals surface area contributed by atoms with Crippen molar-refractivity contribution in [1.29, 1.82) is 0 Å². The molecule has 0 aliphatic carbocycles. The number of likely N-dealkylation sites (N-methyl/N-ethyl adjacent to an activating group) is 1. The summed E-state index contributed by atoms with van der Waals surface area (Å²) in [6.45, 7) is 0.849. The standard InChI is InChI=1S/C14H16ClN3/c1-18(9-7-12-4-2-3-8-17-12)14-10-11(15)5-6-13(14)16/h2-6,8,10H,7,9,16H2,1H3. The topological polar surface area (TPSA) is 42.2 Å². The van der Waals surface area contributed by atoms with Gasteiger partial charge in [-0.15, -0.1) is 0 Å². The SMILES string of the molecule is CN(CCc1ccccn1)c1cc(Cl)ccc1N. The summed E-state index contributed by atoms with van der Waals surface area (Å²) in [5.41, 5.74) is 8.71. The molecule has 0 amide bonds. The predicted molar refractivity (Wildman–Crippen MR) is 77.1 cm³/mol. The van der Waals surface area contributed by atoms with Crippen LogP contribution in [0.3, 0.4) is 0 Å². The largest absolute Gasteiger partial charge is 0.397 e. The van der Waals surface area contributed by atoms with Gasteiger partial charge in [0, 0.05) is 36.9 Å². The van der Waals surface area contributed by atoms with E-state index in [2.05, 4.69) is 9.88 Å². The van der Waals surface area contributed by atoms with E-state index < -0.39 is 0 Å². The molecule has 1 aromatic heterocycles. The minimum absolute atomic E-state index is 0.698. The number of benzene rings is 1. The lowest BCUT2D eigenvalue weighted by atomic mass is 10.2. The maximum absolute atomic E-state index is 5.98. The van der Waals surface area contributed by atoms with Gasteiger partial charge >= 0.3 is 0 Å². The van der Waals surface area contributed by atoms with Crippen LogP contribution in [0.5, 0.6) is 0 Å². The second kappa shape index (κ2) is 5.74. The van der Waals surface area contributed by atoms with Crippen LogP contribution in [0.2, 0.25) is 5.02 Å². The fraction of sp³-hybridized carbons (Fsp3) is 0.214. The Hall–Kier alpha value is -1.74. The van der Waals surface area contributed by atoms with E-state index in [4.69, 9.17) is 17.3 Å². The third kappa shape index (κ3) is 3.14. The average molecular weight is 262 g/mol. The Bertz CT molecular complexity index is 514. The first kappa shape index (κ1) is 12.7. The summed E-state index contributed by atoms with van der Waals surface area (Å²) in [5.74, 6) is 0. The highest BCUT2D eigenvalue weighted by atomic mass is 35.5. The Morgan fingerprint density at radius 1 is 1.28 bits per heavy atom. The van der Waals surface area contributed by atoms with Crippen LogP contribution in [0.25, 0.3) is 0 Å². The van der Waals surface area contributed by atoms with E-state index in [1.807, 2.05) is 43.6 Å². The van der Waals surface area contributed by atoms with Gasteiger partial charge in [-0.05, 0) is 30.3 Å². The summed E-state index contributed by atoms with van der Waals surface area (Å²) in [6.07, 6.45) is 2.69. The van der Waals surface area contributed by atoms with Crippen LogP contribution in [-0.4, -0.2) is 18.6 Å². The predicted octanol–water partition coefficient (Wildman–Crippen LogP) is 3.00. The number of pyridine rings is 1. The van der Waals surface area contributed by atoms with E-state index in [9.17, 15) is 0 Å². The average Bonchev–Trinajstić information content (AvgIpc) is 2.40. The van der Waals surface area contributed by atoms with Crippen molar-refractivity contribution >= 4 is 23.0 Å². The van der Waals surface area contributed by atoms with Crippen molar-refractivity contribution in [2.45, 2.75) is 6.42 Å². The first-order chi connectivity index (χ1) is 8.66. The molecule has 0 unspecified atom stereocenters. The van der Waals surface area contributed by atoms with Gasteiger partial charge in [0.2, 0.25) is 0 Å². The number of anilines is 2. The van der Waals surface area contributed by atoms with Gasteiger partial charge < -0.3 is 10.6 Å². The van der Waals surface area contributed by atoms with Crippen LogP contribution in [0.4, 0.5) is 11.4 Å². The normalized spacial score (nSPS) is 10.3. The Balaban J connectivity index is 2.03. The first-order valence-corrected chi connectivity index (χ1v) is 6.20. The third-order valence-corrected chi connectivity index (χ3v) is 3.07. The summed E-state index contributed by atoms with van der Waals surface area (Å²) < 4.78 is 0. The van der Waals surface area contributed by atoms with E-state index in [1.54, 1.807) is 6.07 Å². The number of halogens is 1. The van der Waals surface area contributed by atoms with E-state index >= 15 is 0 Å². The number of aromatic nitrogens is 1. The van der Waals surface area contributed by atoms with Gasteiger partial charge in [-0.3, -0.25) is 4.98 Å². The molecule has 2 N–H and O–H groups in total. The number of nitrogens with zero attached hydrogens (tertiary/aromatic N) is 2. The molecule has 94 valence electrons. The zero-order valence-corrected chi connectivity index (χ0v) is 11.1. The first-order valence-electron chi connectivity index (χ1n) is 5.83. The van der Waals surface area contributed by atoms with Crippen LogP contribution >= 0.6 is 11.6 Å². The second-order valence-corrected chi connectivity index (χ2v) is 4.63. The Labute approximate surface area is 112 Å². The number of rotatable bonds is 4. The van der Waals surface area contributed by atoms with Gasteiger partial charge in [-0.1, -0.05) is 17.7 Å². The molecule has 0 fully saturated rings. The molecule has 2 aromatic rings. The highest BCUT2D eigenvalue weighted by Crippen LogP contribution is 2.25. The molecule has 1 aromatic carbocycles. The van der Waals surface area contributed by atoms with Crippen LogP contribution in [0.15, 0.2) is 42.6 Å². The molecule has 0 saturated carbocycles. The molecule has 0 bridgehead atoms. The molecule has 0 aliphatic heterocycles. The van der Waals surface area contributed by atoms with Gasteiger partial charge in [0.05, 0.1) is 11.4 Å². The zero-order chi connectivity index (χ0) is 13.0. The van der Waals surface area contributed by atoms with Crippen LogP contribution < -0.4 is 10.6 Å².